The molecule has 1 aromatic rings. The van der Waals surface area contributed by atoms with Gasteiger partial charge in [0.25, 0.3) is 0 Å². The zero-order valence-electron chi connectivity index (χ0n) is 9.15. The third-order valence-corrected chi connectivity index (χ3v) is 3.56. The molecule has 0 aliphatic heterocycles. The van der Waals surface area contributed by atoms with E-state index in [4.69, 9.17) is 5.73 Å². The number of benzene rings is 1. The summed E-state index contributed by atoms with van der Waals surface area (Å²) in [4.78, 5) is 0. The number of rotatable bonds is 2. The minimum absolute atomic E-state index is 0.0127. The standard InChI is InChI=1S/C12H13F4N/c13-8-2-3-9(12(14,15)16)10(6-8)11(7-17)4-1-5-11/h2-3,6H,1,4-5,7,17H2. The third kappa shape index (κ3) is 2.04. The van der Waals surface area contributed by atoms with Crippen LogP contribution in [-0.4, -0.2) is 6.54 Å². The van der Waals surface area contributed by atoms with Gasteiger partial charge in [0.1, 0.15) is 5.82 Å². The number of hydrogen-bond donors (Lipinski definition) is 1. The molecular formula is C12H13F4N. The molecular weight excluding hydrogens is 234 g/mol. The van der Waals surface area contributed by atoms with Crippen LogP contribution in [-0.2, 0) is 11.6 Å². The van der Waals surface area contributed by atoms with Crippen molar-refractivity contribution in [2.45, 2.75) is 30.9 Å². The van der Waals surface area contributed by atoms with E-state index in [1.54, 1.807) is 0 Å². The highest BCUT2D eigenvalue weighted by Crippen LogP contribution is 2.47. The molecule has 0 atom stereocenters. The smallest absolute Gasteiger partial charge is 0.330 e. The monoisotopic (exact) mass is 247 g/mol. The van der Waals surface area contributed by atoms with Gasteiger partial charge in [-0.15, -0.1) is 0 Å². The summed E-state index contributed by atoms with van der Waals surface area (Å²) in [5, 5.41) is 0. The van der Waals surface area contributed by atoms with Crippen molar-refractivity contribution >= 4 is 0 Å². The molecule has 1 saturated carbocycles. The van der Waals surface area contributed by atoms with Gasteiger partial charge in [-0.1, -0.05) is 6.42 Å². The van der Waals surface area contributed by atoms with Crippen molar-refractivity contribution in [1.82, 2.24) is 0 Å². The van der Waals surface area contributed by atoms with Crippen molar-refractivity contribution in [2.75, 3.05) is 6.54 Å². The molecule has 1 aromatic carbocycles. The zero-order chi connectivity index (χ0) is 12.7. The molecule has 0 heterocycles. The lowest BCUT2D eigenvalue weighted by molar-refractivity contribution is -0.139. The maximum Gasteiger partial charge on any atom is 0.416 e. The maximum atomic E-state index is 13.2. The van der Waals surface area contributed by atoms with Gasteiger partial charge < -0.3 is 5.73 Å². The molecule has 2 rings (SSSR count). The molecule has 0 bridgehead atoms. The van der Waals surface area contributed by atoms with Gasteiger partial charge in [0.05, 0.1) is 5.56 Å². The lowest BCUT2D eigenvalue weighted by Crippen LogP contribution is -2.43. The molecule has 0 aromatic heterocycles. The van der Waals surface area contributed by atoms with E-state index in [0.717, 1.165) is 24.6 Å². The summed E-state index contributed by atoms with van der Waals surface area (Å²) in [5.74, 6) is -0.646. The highest BCUT2D eigenvalue weighted by Gasteiger charge is 2.44. The predicted octanol–water partition coefficient (Wildman–Crippen LogP) is 3.22. The van der Waals surface area contributed by atoms with Gasteiger partial charge in [0.2, 0.25) is 0 Å². The third-order valence-electron chi connectivity index (χ3n) is 3.56. The van der Waals surface area contributed by atoms with E-state index in [0.29, 0.717) is 12.8 Å². The number of nitrogens with two attached hydrogens (primary N) is 1. The number of halogens is 4. The van der Waals surface area contributed by atoms with Crippen molar-refractivity contribution in [3.63, 3.8) is 0 Å². The van der Waals surface area contributed by atoms with E-state index in [1.807, 2.05) is 0 Å². The molecule has 94 valence electrons. The predicted molar refractivity (Wildman–Crippen MR) is 56.0 cm³/mol. The molecule has 5 heteroatoms. The van der Waals surface area contributed by atoms with Gasteiger partial charge in [-0.05, 0) is 36.6 Å². The normalized spacial score (nSPS) is 18.9. The molecule has 0 saturated heterocycles. The van der Waals surface area contributed by atoms with Crippen LogP contribution in [0.2, 0.25) is 0 Å². The Morgan fingerprint density at radius 2 is 1.88 bits per heavy atom. The maximum absolute atomic E-state index is 13.2. The van der Waals surface area contributed by atoms with Gasteiger partial charge in [-0.2, -0.15) is 13.2 Å². The zero-order valence-corrected chi connectivity index (χ0v) is 9.15. The topological polar surface area (TPSA) is 26.0 Å². The Bertz CT molecular complexity index is 415. The second-order valence-electron chi connectivity index (χ2n) is 4.53. The van der Waals surface area contributed by atoms with Gasteiger partial charge >= 0.3 is 6.18 Å². The second kappa shape index (κ2) is 3.98. The molecule has 0 amide bonds. The summed E-state index contributed by atoms with van der Waals surface area (Å²) in [6.45, 7) is 0.125. The molecule has 17 heavy (non-hydrogen) atoms. The van der Waals surface area contributed by atoms with E-state index in [-0.39, 0.29) is 12.1 Å². The van der Waals surface area contributed by atoms with Crippen molar-refractivity contribution < 1.29 is 17.6 Å². The van der Waals surface area contributed by atoms with Crippen molar-refractivity contribution in [2.24, 2.45) is 5.73 Å². The van der Waals surface area contributed by atoms with Crippen LogP contribution < -0.4 is 5.73 Å². The largest absolute Gasteiger partial charge is 0.416 e. The van der Waals surface area contributed by atoms with Gasteiger partial charge in [0, 0.05) is 12.0 Å². The minimum atomic E-state index is -4.46. The fourth-order valence-electron chi connectivity index (χ4n) is 2.39. The highest BCUT2D eigenvalue weighted by atomic mass is 19.4. The Morgan fingerprint density at radius 3 is 2.29 bits per heavy atom. The fourth-order valence-corrected chi connectivity index (χ4v) is 2.39. The van der Waals surface area contributed by atoms with E-state index in [9.17, 15) is 17.6 Å². The molecule has 0 radical (unpaired) electrons. The van der Waals surface area contributed by atoms with Crippen LogP contribution in [0.3, 0.4) is 0 Å². The van der Waals surface area contributed by atoms with Gasteiger partial charge in [-0.3, -0.25) is 0 Å². The van der Waals surface area contributed by atoms with Gasteiger partial charge in [0.15, 0.2) is 0 Å². The first-order chi connectivity index (χ1) is 7.89. The Labute approximate surface area is 96.6 Å². The first-order valence-electron chi connectivity index (χ1n) is 5.46. The average Bonchev–Trinajstić information content (AvgIpc) is 2.15. The van der Waals surface area contributed by atoms with Crippen molar-refractivity contribution in [3.05, 3.63) is 35.1 Å². The Kier molecular flexibility index (Phi) is 2.89. The molecule has 1 aliphatic rings. The first-order valence-corrected chi connectivity index (χ1v) is 5.46. The minimum Gasteiger partial charge on any atom is -0.330 e. The van der Waals surface area contributed by atoms with E-state index < -0.39 is 23.0 Å². The summed E-state index contributed by atoms with van der Waals surface area (Å²) in [5.41, 5.74) is 4.14. The second-order valence-corrected chi connectivity index (χ2v) is 4.53. The molecule has 0 unspecified atom stereocenters. The number of hydrogen-bond acceptors (Lipinski definition) is 1. The fraction of sp³-hybridized carbons (Fsp3) is 0.500. The molecule has 1 aliphatic carbocycles. The van der Waals surface area contributed by atoms with E-state index in [2.05, 4.69) is 0 Å². The van der Waals surface area contributed by atoms with Crippen molar-refractivity contribution in [3.8, 4) is 0 Å². The summed E-state index contributed by atoms with van der Waals surface area (Å²) < 4.78 is 51.7. The highest BCUT2D eigenvalue weighted by molar-refractivity contribution is 5.39. The van der Waals surface area contributed by atoms with Gasteiger partial charge in [-0.25, -0.2) is 4.39 Å². The Morgan fingerprint density at radius 1 is 1.24 bits per heavy atom. The quantitative estimate of drug-likeness (QED) is 0.798. The average molecular weight is 247 g/mol. The van der Waals surface area contributed by atoms with Crippen molar-refractivity contribution in [1.29, 1.82) is 0 Å². The van der Waals surface area contributed by atoms with Crippen LogP contribution >= 0.6 is 0 Å². The number of alkyl halides is 3. The van der Waals surface area contributed by atoms with E-state index in [1.165, 1.54) is 0 Å². The first kappa shape index (κ1) is 12.4. The molecule has 1 fully saturated rings. The summed E-state index contributed by atoms with van der Waals surface area (Å²) >= 11 is 0. The van der Waals surface area contributed by atoms with Crippen LogP contribution in [0.4, 0.5) is 17.6 Å². The molecule has 2 N–H and O–H groups in total. The Balaban J connectivity index is 2.54. The van der Waals surface area contributed by atoms with Crippen LogP contribution in [0, 0.1) is 5.82 Å². The summed E-state index contributed by atoms with van der Waals surface area (Å²) in [7, 11) is 0. The van der Waals surface area contributed by atoms with Crippen LogP contribution in [0.1, 0.15) is 30.4 Å². The Hall–Kier alpha value is -1.10. The summed E-state index contributed by atoms with van der Waals surface area (Å²) in [6.07, 6.45) is -2.43. The van der Waals surface area contributed by atoms with Crippen LogP contribution in [0.25, 0.3) is 0 Å². The molecule has 1 nitrogen and oxygen atoms in total. The molecule has 0 spiro atoms. The van der Waals surface area contributed by atoms with Crippen LogP contribution in [0.15, 0.2) is 18.2 Å². The van der Waals surface area contributed by atoms with Crippen LogP contribution in [0.5, 0.6) is 0 Å². The summed E-state index contributed by atoms with van der Waals surface area (Å²) in [6, 6.07) is 2.63. The lowest BCUT2D eigenvalue weighted by atomic mass is 9.63. The van der Waals surface area contributed by atoms with E-state index >= 15 is 0 Å². The SMILES string of the molecule is NCC1(c2cc(F)ccc2C(F)(F)F)CCC1. The lowest BCUT2D eigenvalue weighted by Gasteiger charge is -2.42.